The van der Waals surface area contributed by atoms with Crippen molar-refractivity contribution in [3.63, 3.8) is 0 Å². The Balaban J connectivity index is 2.11. The molecule has 4 heteroatoms. The zero-order valence-corrected chi connectivity index (χ0v) is 10.2. The van der Waals surface area contributed by atoms with Crippen molar-refractivity contribution in [1.29, 1.82) is 0 Å². The van der Waals surface area contributed by atoms with Crippen molar-refractivity contribution in [1.82, 2.24) is 4.98 Å². The predicted octanol–water partition coefficient (Wildman–Crippen LogP) is 2.00. The van der Waals surface area contributed by atoms with E-state index in [9.17, 15) is 4.79 Å². The van der Waals surface area contributed by atoms with Crippen molar-refractivity contribution in [2.45, 2.75) is 12.3 Å². The summed E-state index contributed by atoms with van der Waals surface area (Å²) >= 11 is 1.50. The van der Waals surface area contributed by atoms with Crippen LogP contribution in [0.25, 0.3) is 0 Å². The van der Waals surface area contributed by atoms with E-state index < -0.39 is 0 Å². The second kappa shape index (κ2) is 5.70. The molecule has 3 nitrogen and oxygen atoms in total. The van der Waals surface area contributed by atoms with E-state index in [-0.39, 0.29) is 11.7 Å². The highest BCUT2D eigenvalue weighted by Gasteiger charge is 2.19. The topological polar surface area (TPSA) is 56.0 Å². The molecule has 2 N–H and O–H groups in total. The number of hydrogen-bond donors (Lipinski definition) is 1. The van der Waals surface area contributed by atoms with Gasteiger partial charge in [0.05, 0.1) is 17.3 Å². The van der Waals surface area contributed by atoms with E-state index in [0.717, 1.165) is 10.6 Å². The molecule has 2 aromatic rings. The summed E-state index contributed by atoms with van der Waals surface area (Å²) in [4.78, 5) is 16.3. The van der Waals surface area contributed by atoms with Gasteiger partial charge in [-0.15, -0.1) is 11.3 Å². The number of hydrogen-bond acceptors (Lipinski definition) is 4. The van der Waals surface area contributed by atoms with E-state index in [1.165, 1.54) is 11.3 Å². The Labute approximate surface area is 104 Å². The fraction of sp³-hybridized carbons (Fsp3) is 0.231. The Bertz CT molecular complexity index is 467. The Kier molecular flexibility index (Phi) is 4.01. The van der Waals surface area contributed by atoms with Crippen molar-refractivity contribution >= 4 is 17.1 Å². The first-order valence-corrected chi connectivity index (χ1v) is 6.35. The third-order valence-corrected chi connectivity index (χ3v) is 3.41. The average Bonchev–Trinajstić information content (AvgIpc) is 2.84. The molecule has 0 aliphatic rings. The van der Waals surface area contributed by atoms with Gasteiger partial charge in [0.1, 0.15) is 5.78 Å². The molecule has 0 amide bonds. The minimum Gasteiger partial charge on any atom is -0.329 e. The molecule has 0 saturated carbocycles. The third kappa shape index (κ3) is 2.99. The maximum Gasteiger partial charge on any atom is 0.148 e. The lowest BCUT2D eigenvalue weighted by Crippen LogP contribution is -2.23. The van der Waals surface area contributed by atoms with Gasteiger partial charge in [-0.1, -0.05) is 30.3 Å². The highest BCUT2D eigenvalue weighted by atomic mass is 32.1. The third-order valence-electron chi connectivity index (χ3n) is 2.64. The van der Waals surface area contributed by atoms with Crippen LogP contribution in [-0.4, -0.2) is 17.3 Å². The SMILES string of the molecule is NCC(C(=O)Cc1nccs1)c1ccccc1. The number of carbonyl (C=O) groups excluding carboxylic acids is 1. The van der Waals surface area contributed by atoms with E-state index >= 15 is 0 Å². The van der Waals surface area contributed by atoms with Gasteiger partial charge in [-0.3, -0.25) is 4.79 Å². The predicted molar refractivity (Wildman–Crippen MR) is 69.1 cm³/mol. The molecule has 1 aromatic carbocycles. The van der Waals surface area contributed by atoms with Gasteiger partial charge in [-0.2, -0.15) is 0 Å². The van der Waals surface area contributed by atoms with Crippen LogP contribution in [0.4, 0.5) is 0 Å². The number of Topliss-reactive ketones (excluding diaryl/α,β-unsaturated/α-hetero) is 1. The number of thiazole rings is 1. The lowest BCUT2D eigenvalue weighted by atomic mass is 9.93. The summed E-state index contributed by atoms with van der Waals surface area (Å²) in [7, 11) is 0. The molecule has 0 spiro atoms. The first kappa shape index (κ1) is 12.0. The Morgan fingerprint density at radius 2 is 2.12 bits per heavy atom. The van der Waals surface area contributed by atoms with Gasteiger partial charge in [-0.25, -0.2) is 4.98 Å². The first-order chi connectivity index (χ1) is 8.31. The van der Waals surface area contributed by atoms with Crippen LogP contribution in [0.3, 0.4) is 0 Å². The van der Waals surface area contributed by atoms with Crippen LogP contribution >= 0.6 is 11.3 Å². The molecule has 0 fully saturated rings. The molecule has 0 aliphatic carbocycles. The number of benzene rings is 1. The highest BCUT2D eigenvalue weighted by Crippen LogP contribution is 2.18. The van der Waals surface area contributed by atoms with Crippen molar-refractivity contribution in [3.05, 3.63) is 52.5 Å². The van der Waals surface area contributed by atoms with E-state index in [1.807, 2.05) is 35.7 Å². The van der Waals surface area contributed by atoms with Crippen molar-refractivity contribution in [3.8, 4) is 0 Å². The number of nitrogens with zero attached hydrogens (tertiary/aromatic N) is 1. The first-order valence-electron chi connectivity index (χ1n) is 5.47. The molecule has 1 heterocycles. The maximum atomic E-state index is 12.1. The fourth-order valence-electron chi connectivity index (χ4n) is 1.75. The summed E-state index contributed by atoms with van der Waals surface area (Å²) in [5, 5.41) is 2.73. The zero-order chi connectivity index (χ0) is 12.1. The summed E-state index contributed by atoms with van der Waals surface area (Å²) in [6.45, 7) is 0.341. The van der Waals surface area contributed by atoms with Gasteiger partial charge >= 0.3 is 0 Å². The van der Waals surface area contributed by atoms with Crippen molar-refractivity contribution in [2.24, 2.45) is 5.73 Å². The van der Waals surface area contributed by atoms with Crippen LogP contribution in [0, 0.1) is 0 Å². The summed E-state index contributed by atoms with van der Waals surface area (Å²) in [5.74, 6) is -0.0891. The minimum absolute atomic E-state index is 0.133. The summed E-state index contributed by atoms with van der Waals surface area (Å²) < 4.78 is 0. The molecule has 0 radical (unpaired) electrons. The van der Waals surface area contributed by atoms with Gasteiger partial charge in [0.15, 0.2) is 0 Å². The Hall–Kier alpha value is -1.52. The van der Waals surface area contributed by atoms with Gasteiger partial charge in [0, 0.05) is 18.1 Å². The molecule has 1 atom stereocenters. The smallest absolute Gasteiger partial charge is 0.148 e. The molecule has 88 valence electrons. The largest absolute Gasteiger partial charge is 0.329 e. The minimum atomic E-state index is -0.222. The monoisotopic (exact) mass is 246 g/mol. The lowest BCUT2D eigenvalue weighted by molar-refractivity contribution is -0.119. The maximum absolute atomic E-state index is 12.1. The van der Waals surface area contributed by atoms with Gasteiger partial charge < -0.3 is 5.73 Å². The van der Waals surface area contributed by atoms with Crippen LogP contribution in [0.15, 0.2) is 41.9 Å². The number of carbonyl (C=O) groups is 1. The molecule has 0 aliphatic heterocycles. The van der Waals surface area contributed by atoms with Gasteiger partial charge in [0.25, 0.3) is 0 Å². The number of ketones is 1. The molecule has 0 saturated heterocycles. The molecule has 2 rings (SSSR count). The van der Waals surface area contributed by atoms with E-state index in [2.05, 4.69) is 4.98 Å². The van der Waals surface area contributed by atoms with Crippen LogP contribution in [0.1, 0.15) is 16.5 Å². The summed E-state index contributed by atoms with van der Waals surface area (Å²) in [5.41, 5.74) is 6.68. The number of aromatic nitrogens is 1. The van der Waals surface area contributed by atoms with Gasteiger partial charge in [0.2, 0.25) is 0 Å². The van der Waals surface area contributed by atoms with Crippen LogP contribution in [0.5, 0.6) is 0 Å². The molecular weight excluding hydrogens is 232 g/mol. The normalized spacial score (nSPS) is 12.3. The second-order valence-corrected chi connectivity index (χ2v) is 4.75. The summed E-state index contributed by atoms with van der Waals surface area (Å²) in [6, 6.07) is 9.67. The Morgan fingerprint density at radius 1 is 1.35 bits per heavy atom. The average molecular weight is 246 g/mol. The fourth-order valence-corrected chi connectivity index (χ4v) is 2.38. The molecule has 1 unspecified atom stereocenters. The van der Waals surface area contributed by atoms with E-state index in [0.29, 0.717) is 13.0 Å². The highest BCUT2D eigenvalue weighted by molar-refractivity contribution is 7.09. The van der Waals surface area contributed by atoms with Crippen LogP contribution in [0.2, 0.25) is 0 Å². The summed E-state index contributed by atoms with van der Waals surface area (Å²) in [6.07, 6.45) is 2.08. The second-order valence-electron chi connectivity index (χ2n) is 3.77. The number of nitrogens with two attached hydrogens (primary N) is 1. The molecule has 1 aromatic heterocycles. The van der Waals surface area contributed by atoms with Crippen molar-refractivity contribution in [2.75, 3.05) is 6.54 Å². The standard InChI is InChI=1S/C13H14N2OS/c14-9-11(10-4-2-1-3-5-10)12(16)8-13-15-6-7-17-13/h1-7,11H,8-9,14H2. The Morgan fingerprint density at radius 3 is 2.71 bits per heavy atom. The quantitative estimate of drug-likeness (QED) is 0.878. The van der Waals surface area contributed by atoms with Crippen LogP contribution in [-0.2, 0) is 11.2 Å². The van der Waals surface area contributed by atoms with E-state index in [4.69, 9.17) is 5.73 Å². The zero-order valence-electron chi connectivity index (χ0n) is 9.37. The lowest BCUT2D eigenvalue weighted by Gasteiger charge is -2.13. The van der Waals surface area contributed by atoms with Gasteiger partial charge in [-0.05, 0) is 5.56 Å². The van der Waals surface area contributed by atoms with Crippen molar-refractivity contribution < 1.29 is 4.79 Å². The van der Waals surface area contributed by atoms with Crippen LogP contribution < -0.4 is 5.73 Å². The van der Waals surface area contributed by atoms with E-state index in [1.54, 1.807) is 6.20 Å². The molecule has 17 heavy (non-hydrogen) atoms. The number of rotatable bonds is 5. The molecule has 0 bridgehead atoms. The molecular formula is C13H14N2OS.